The Kier molecular flexibility index (Phi) is 15.7. The highest BCUT2D eigenvalue weighted by Crippen LogP contribution is 2.51. The number of rotatable bonds is 10. The zero-order chi connectivity index (χ0) is 49.0. The maximum absolute atomic E-state index is 12.5. The number of hydrogen-bond donors (Lipinski definition) is 2. The summed E-state index contributed by atoms with van der Waals surface area (Å²) in [6.07, 6.45) is 7.68. The number of phenolic OH excluding ortho intramolecular Hbond substituents is 2. The molecule has 1 aliphatic carbocycles. The summed E-state index contributed by atoms with van der Waals surface area (Å²) in [6, 6.07) is 62.9. The van der Waals surface area contributed by atoms with Crippen LogP contribution in [-0.4, -0.2) is 34.7 Å². The summed E-state index contributed by atoms with van der Waals surface area (Å²) in [7, 11) is -5.83. The lowest BCUT2D eigenvalue weighted by Crippen LogP contribution is -2.32. The summed E-state index contributed by atoms with van der Waals surface area (Å²) < 4.78 is 6.68. The van der Waals surface area contributed by atoms with Gasteiger partial charge in [-0.05, 0) is 114 Å². The summed E-state index contributed by atoms with van der Waals surface area (Å²) in [5, 5.41) is 31.0. The molecular weight excluding hydrogens is 893 g/mol. The van der Waals surface area contributed by atoms with Crippen molar-refractivity contribution in [2.75, 3.05) is 0 Å². The minimum atomic E-state index is -3.01. The molecule has 8 rings (SSSR count). The zero-order valence-corrected chi connectivity index (χ0v) is 44.8. The highest BCUT2D eigenvalue weighted by molar-refractivity contribution is 7.93. The lowest BCUT2D eigenvalue weighted by Gasteiger charge is -2.28. The van der Waals surface area contributed by atoms with Crippen molar-refractivity contribution in [2.24, 2.45) is 9.98 Å². The molecule has 2 N–H and O–H groups in total. The molecule has 0 heterocycles. The number of hydrogen-bond acceptors (Lipinski definition) is 4. The van der Waals surface area contributed by atoms with Gasteiger partial charge >= 0.3 is 14.1 Å². The fraction of sp³-hybridized carbons (Fsp3) is 0.286. The largest absolute Gasteiger partial charge is 0.507 e. The minimum Gasteiger partial charge on any atom is -0.507 e. The Labute approximate surface area is 419 Å². The zero-order valence-electron chi connectivity index (χ0n) is 43.0. The van der Waals surface area contributed by atoms with Crippen LogP contribution in [0.25, 0.3) is 0 Å². The molecule has 7 aromatic carbocycles. The van der Waals surface area contributed by atoms with Gasteiger partial charge < -0.3 is 17.6 Å². The second-order valence-corrected chi connectivity index (χ2v) is 28.0. The van der Waals surface area contributed by atoms with Crippen LogP contribution in [0.3, 0.4) is 0 Å². The van der Waals surface area contributed by atoms with E-state index in [-0.39, 0.29) is 36.1 Å². The van der Waals surface area contributed by atoms with Gasteiger partial charge in [0, 0.05) is 34.7 Å². The smallest absolute Gasteiger partial charge is 0.301 e. The SMILES string of the molecule is CC(C)(C)c1cc(C=N[C@H]2CCCC[C@@H]2N=Cc2cc(P(=[N+]=P(c3ccccc3)(c3ccccc3)c3ccccc3)(c3ccccc3)c3ccccc3)cc(C(C)(C)C)c2O)c(O)c(C(C)(C)C)c1.[CH3-]. The van der Waals surface area contributed by atoms with Gasteiger partial charge in [-0.1, -0.05) is 172 Å². The van der Waals surface area contributed by atoms with Crippen molar-refractivity contribution < 1.29 is 10.2 Å². The molecule has 2 atom stereocenters. The predicted molar refractivity (Wildman–Crippen MR) is 306 cm³/mol. The monoisotopic (exact) mass is 966 g/mol. The van der Waals surface area contributed by atoms with E-state index in [4.69, 9.17) is 14.2 Å². The first-order valence-electron chi connectivity index (χ1n) is 24.6. The van der Waals surface area contributed by atoms with Crippen LogP contribution in [0.1, 0.15) is 116 Å². The molecule has 7 aromatic rings. The fourth-order valence-electron chi connectivity index (χ4n) is 9.67. The normalized spacial score (nSPS) is 16.0. The van der Waals surface area contributed by atoms with Gasteiger partial charge in [0.25, 0.3) is 0 Å². The van der Waals surface area contributed by atoms with E-state index in [0.29, 0.717) is 11.3 Å². The van der Waals surface area contributed by atoms with E-state index in [0.717, 1.165) is 58.3 Å². The van der Waals surface area contributed by atoms with Gasteiger partial charge in [0.1, 0.15) is 11.5 Å². The maximum atomic E-state index is 12.5. The predicted octanol–water partition coefficient (Wildman–Crippen LogP) is 13.0. The number of nitrogens with zero attached hydrogens (tertiary/aromatic N) is 3. The second kappa shape index (κ2) is 21.2. The number of aromatic hydroxyl groups is 2. The molecule has 0 radical (unpaired) electrons. The van der Waals surface area contributed by atoms with E-state index in [2.05, 4.69) is 238 Å². The molecule has 7 heteroatoms. The van der Waals surface area contributed by atoms with Gasteiger partial charge in [-0.3, -0.25) is 9.98 Å². The van der Waals surface area contributed by atoms with Crippen molar-refractivity contribution in [1.82, 2.24) is 4.17 Å². The molecule has 0 aromatic heterocycles. The first-order chi connectivity index (χ1) is 32.9. The van der Waals surface area contributed by atoms with Crippen LogP contribution >= 0.6 is 14.1 Å². The van der Waals surface area contributed by atoms with Gasteiger partial charge in [0.15, 0.2) is 0 Å². The molecule has 362 valence electrons. The summed E-state index contributed by atoms with van der Waals surface area (Å²) in [4.78, 5) is 10.6. The number of aliphatic imine (C=N–C) groups is 2. The van der Waals surface area contributed by atoms with Crippen LogP contribution in [0.4, 0.5) is 0 Å². The highest BCUT2D eigenvalue weighted by Gasteiger charge is 2.45. The van der Waals surface area contributed by atoms with E-state index < -0.39 is 19.5 Å². The van der Waals surface area contributed by atoms with E-state index in [9.17, 15) is 10.2 Å². The average Bonchev–Trinajstić information content (AvgIpc) is 3.34. The molecule has 0 spiro atoms. The highest BCUT2D eigenvalue weighted by atomic mass is 31.2. The molecule has 5 nitrogen and oxygen atoms in total. The first kappa shape index (κ1) is 51.9. The van der Waals surface area contributed by atoms with E-state index >= 15 is 0 Å². The third-order valence-corrected chi connectivity index (χ3v) is 21.9. The Morgan fingerprint density at radius 1 is 0.429 bits per heavy atom. The lowest BCUT2D eigenvalue weighted by atomic mass is 9.79. The van der Waals surface area contributed by atoms with Crippen molar-refractivity contribution in [3.05, 3.63) is 211 Å². The molecule has 0 unspecified atom stereocenters. The van der Waals surface area contributed by atoms with Crippen molar-refractivity contribution in [3.8, 4) is 11.5 Å². The van der Waals surface area contributed by atoms with Crippen molar-refractivity contribution in [2.45, 2.75) is 116 Å². The van der Waals surface area contributed by atoms with Crippen molar-refractivity contribution in [1.29, 1.82) is 0 Å². The van der Waals surface area contributed by atoms with E-state index in [1.54, 1.807) is 0 Å². The molecule has 0 bridgehead atoms. The van der Waals surface area contributed by atoms with E-state index in [1.165, 1.54) is 21.5 Å². The third kappa shape index (κ3) is 10.7. The topological polar surface area (TPSA) is 79.3 Å². The van der Waals surface area contributed by atoms with Crippen LogP contribution < -0.4 is 36.0 Å². The van der Waals surface area contributed by atoms with Gasteiger partial charge in [0.2, 0.25) is 0 Å². The Bertz CT molecular complexity index is 2920. The Balaban J connectivity index is 0.00000722. The standard InChI is InChI=1S/C62H69N3O2P2.CH3/c1-60(2,3)47-39-45(58(66)54(41-47)61(4,5)6)43-63-56-37-25-26-38-57(56)64-44-46-40-53(42-55(59(46)67)62(7,8)9)69(51-33-21-13-22-34-51,52-35-23-14-24-36-52)65-68(48-27-15-10-16-28-48,49-29-17-11-18-30-49)50-31-19-12-20-32-50;/h10-24,27-36,39-44,56-57H,25-26,37-38H2,1-9H3,(H,63,66);1H3/q;-1/p+1/t56-,57-;/m0./s1. The molecule has 0 saturated heterocycles. The first-order valence-corrected chi connectivity index (χ1v) is 28.0. The summed E-state index contributed by atoms with van der Waals surface area (Å²) in [5.74, 6) is 0.526. The Morgan fingerprint density at radius 3 is 1.07 bits per heavy atom. The molecular formula is C63H73N3O2P2. The molecule has 0 aliphatic heterocycles. The molecule has 1 aliphatic rings. The second-order valence-electron chi connectivity index (χ2n) is 21.7. The third-order valence-electron chi connectivity index (χ3n) is 13.5. The minimum absolute atomic E-state index is 0. The average molecular weight is 966 g/mol. The Morgan fingerprint density at radius 2 is 0.743 bits per heavy atom. The van der Waals surface area contributed by atoms with E-state index in [1.807, 2.05) is 12.4 Å². The summed E-state index contributed by atoms with van der Waals surface area (Å²) >= 11 is 0. The number of phenols is 2. The van der Waals surface area contributed by atoms with Crippen molar-refractivity contribution >= 4 is 58.4 Å². The summed E-state index contributed by atoms with van der Waals surface area (Å²) in [5.41, 5.74) is 3.59. The van der Waals surface area contributed by atoms with Crippen LogP contribution in [0.15, 0.2) is 186 Å². The van der Waals surface area contributed by atoms with Gasteiger partial charge in [-0.2, -0.15) is 0 Å². The van der Waals surface area contributed by atoms with Crippen molar-refractivity contribution in [3.63, 3.8) is 0 Å². The fourth-order valence-corrected chi connectivity index (χ4v) is 19.2. The van der Waals surface area contributed by atoms with Gasteiger partial charge in [-0.15, -0.1) is 4.17 Å². The van der Waals surface area contributed by atoms with Gasteiger partial charge in [-0.25, -0.2) is 0 Å². The quantitative estimate of drug-likeness (QED) is 0.0620. The lowest BCUT2D eigenvalue weighted by molar-refractivity contribution is 0.390. The number of benzene rings is 7. The molecule has 0 amide bonds. The molecule has 1 saturated carbocycles. The molecule has 70 heavy (non-hydrogen) atoms. The van der Waals surface area contributed by atoms with Crippen LogP contribution in [0.2, 0.25) is 0 Å². The summed E-state index contributed by atoms with van der Waals surface area (Å²) in [6.45, 7) is 19.6. The van der Waals surface area contributed by atoms with Crippen LogP contribution in [0.5, 0.6) is 11.5 Å². The molecule has 1 fully saturated rings. The Hall–Kier alpha value is -5.95. The van der Waals surface area contributed by atoms with Crippen LogP contribution in [0, 0.1) is 7.43 Å². The maximum Gasteiger partial charge on any atom is 0.301 e. The van der Waals surface area contributed by atoms with Crippen LogP contribution in [-0.2, 0) is 16.2 Å². The van der Waals surface area contributed by atoms with Gasteiger partial charge in [0.05, 0.1) is 43.9 Å².